The molecule has 1 aromatic carbocycles. The molecule has 3 rings (SSSR count). The monoisotopic (exact) mass is 321 g/mol. The molecular formula is C15H7ClF3N3. The van der Waals surface area contributed by atoms with Gasteiger partial charge >= 0.3 is 6.18 Å². The fraction of sp³-hybridized carbons (Fsp3) is 0.0667. The van der Waals surface area contributed by atoms with Gasteiger partial charge in [0.05, 0.1) is 11.8 Å². The van der Waals surface area contributed by atoms with Crippen LogP contribution in [0.3, 0.4) is 0 Å². The maximum atomic E-state index is 12.6. The van der Waals surface area contributed by atoms with Crippen molar-refractivity contribution in [3.63, 3.8) is 0 Å². The minimum atomic E-state index is -4.39. The molecule has 0 aliphatic carbocycles. The van der Waals surface area contributed by atoms with E-state index in [2.05, 4.69) is 21.9 Å². The van der Waals surface area contributed by atoms with E-state index < -0.39 is 11.7 Å². The number of imidazole rings is 1. The van der Waals surface area contributed by atoms with Gasteiger partial charge in [0, 0.05) is 5.56 Å². The van der Waals surface area contributed by atoms with Crippen molar-refractivity contribution in [2.75, 3.05) is 0 Å². The molecule has 0 aliphatic heterocycles. The summed E-state index contributed by atoms with van der Waals surface area (Å²) in [7, 11) is 0. The molecule has 0 amide bonds. The number of alkyl halides is 3. The van der Waals surface area contributed by atoms with Crippen molar-refractivity contribution in [2.24, 2.45) is 0 Å². The summed E-state index contributed by atoms with van der Waals surface area (Å²) in [6.07, 6.45) is -2.91. The average Bonchev–Trinajstić information content (AvgIpc) is 2.87. The van der Waals surface area contributed by atoms with Crippen LogP contribution in [0.25, 0.3) is 5.65 Å². The maximum Gasteiger partial charge on any atom is 0.416 e. The van der Waals surface area contributed by atoms with Gasteiger partial charge in [0.25, 0.3) is 0 Å². The van der Waals surface area contributed by atoms with E-state index in [9.17, 15) is 13.2 Å². The van der Waals surface area contributed by atoms with Crippen molar-refractivity contribution in [2.45, 2.75) is 6.18 Å². The molecule has 22 heavy (non-hydrogen) atoms. The number of hydrogen-bond acceptors (Lipinski definition) is 2. The van der Waals surface area contributed by atoms with E-state index in [0.717, 1.165) is 12.1 Å². The molecule has 0 bridgehead atoms. The van der Waals surface area contributed by atoms with Crippen LogP contribution >= 0.6 is 11.6 Å². The van der Waals surface area contributed by atoms with Gasteiger partial charge in [-0.2, -0.15) is 18.3 Å². The molecular weight excluding hydrogens is 315 g/mol. The van der Waals surface area contributed by atoms with Gasteiger partial charge in [-0.1, -0.05) is 23.6 Å². The fourth-order valence-electron chi connectivity index (χ4n) is 1.85. The van der Waals surface area contributed by atoms with Crippen LogP contribution in [0, 0.1) is 11.8 Å². The first kappa shape index (κ1) is 14.4. The summed E-state index contributed by atoms with van der Waals surface area (Å²) in [6.45, 7) is 0. The van der Waals surface area contributed by atoms with Gasteiger partial charge in [0.1, 0.15) is 10.8 Å². The first-order valence-corrected chi connectivity index (χ1v) is 6.51. The lowest BCUT2D eigenvalue weighted by Crippen LogP contribution is -2.04. The highest BCUT2D eigenvalue weighted by atomic mass is 35.5. The number of rotatable bonds is 0. The smallest absolute Gasteiger partial charge is 0.234 e. The predicted octanol–water partition coefficient (Wildman–Crippen LogP) is 3.80. The minimum Gasteiger partial charge on any atom is -0.234 e. The molecule has 110 valence electrons. The second kappa shape index (κ2) is 5.35. The molecule has 2 aromatic heterocycles. The lowest BCUT2D eigenvalue weighted by atomic mass is 10.1. The molecule has 0 radical (unpaired) electrons. The van der Waals surface area contributed by atoms with Crippen LogP contribution in [0.4, 0.5) is 13.2 Å². The molecule has 0 atom stereocenters. The van der Waals surface area contributed by atoms with Crippen LogP contribution in [-0.2, 0) is 6.18 Å². The Balaban J connectivity index is 2.00. The number of nitrogens with zero attached hydrogens (tertiary/aromatic N) is 3. The second-order valence-electron chi connectivity index (χ2n) is 4.40. The first-order valence-electron chi connectivity index (χ1n) is 6.13. The second-order valence-corrected chi connectivity index (χ2v) is 4.79. The normalized spacial score (nSPS) is 11.3. The van der Waals surface area contributed by atoms with Crippen molar-refractivity contribution in [1.82, 2.24) is 14.6 Å². The highest BCUT2D eigenvalue weighted by Crippen LogP contribution is 2.29. The summed E-state index contributed by atoms with van der Waals surface area (Å²) in [5.41, 5.74) is 0.512. The van der Waals surface area contributed by atoms with Gasteiger partial charge in [0.2, 0.25) is 0 Å². The van der Waals surface area contributed by atoms with Crippen LogP contribution in [-0.4, -0.2) is 14.6 Å². The quantitative estimate of drug-likeness (QED) is 0.590. The Hall–Kier alpha value is -2.52. The summed E-state index contributed by atoms with van der Waals surface area (Å²) in [5, 5.41) is 4.31. The minimum absolute atomic E-state index is 0.256. The van der Waals surface area contributed by atoms with E-state index in [4.69, 9.17) is 11.6 Å². The highest BCUT2D eigenvalue weighted by Gasteiger charge is 2.30. The molecule has 3 aromatic rings. The van der Waals surface area contributed by atoms with E-state index in [-0.39, 0.29) is 10.7 Å². The van der Waals surface area contributed by atoms with E-state index in [1.54, 1.807) is 12.1 Å². The van der Waals surface area contributed by atoms with Crippen molar-refractivity contribution >= 4 is 17.2 Å². The third kappa shape index (κ3) is 2.90. The number of aromatic nitrogens is 3. The zero-order valence-corrected chi connectivity index (χ0v) is 11.7. The predicted molar refractivity (Wildman–Crippen MR) is 75.4 cm³/mol. The van der Waals surface area contributed by atoms with Crippen molar-refractivity contribution in [1.29, 1.82) is 0 Å². The van der Waals surface area contributed by atoms with Crippen LogP contribution < -0.4 is 0 Å². The van der Waals surface area contributed by atoms with Crippen molar-refractivity contribution < 1.29 is 13.2 Å². The molecule has 7 heteroatoms. The molecule has 2 heterocycles. The Morgan fingerprint density at radius 1 is 1.09 bits per heavy atom. The van der Waals surface area contributed by atoms with Crippen LogP contribution in [0.2, 0.25) is 5.15 Å². The number of hydrogen-bond donors (Lipinski definition) is 0. The maximum absolute atomic E-state index is 12.6. The molecule has 0 N–H and O–H groups in total. The van der Waals surface area contributed by atoms with E-state index in [0.29, 0.717) is 11.3 Å². The lowest BCUT2D eigenvalue weighted by Gasteiger charge is -2.05. The SMILES string of the molecule is FC(F)(F)c1cccc(C#Cc2cnc3ccc(Cl)nn23)c1. The zero-order valence-electron chi connectivity index (χ0n) is 10.9. The third-order valence-corrected chi connectivity index (χ3v) is 3.06. The van der Waals surface area contributed by atoms with Gasteiger partial charge in [-0.25, -0.2) is 9.50 Å². The highest BCUT2D eigenvalue weighted by molar-refractivity contribution is 6.29. The number of fused-ring (bicyclic) bond motifs is 1. The van der Waals surface area contributed by atoms with Gasteiger partial charge in [-0.3, -0.25) is 0 Å². The van der Waals surface area contributed by atoms with E-state index >= 15 is 0 Å². The molecule has 0 saturated heterocycles. The summed E-state index contributed by atoms with van der Waals surface area (Å²) in [6, 6.07) is 8.08. The molecule has 0 saturated carbocycles. The van der Waals surface area contributed by atoms with E-state index in [1.807, 2.05) is 0 Å². The summed E-state index contributed by atoms with van der Waals surface area (Å²) >= 11 is 5.80. The lowest BCUT2D eigenvalue weighted by molar-refractivity contribution is -0.137. The van der Waals surface area contributed by atoms with Gasteiger partial charge < -0.3 is 0 Å². The summed E-state index contributed by atoms with van der Waals surface area (Å²) in [4.78, 5) is 4.09. The number of benzene rings is 1. The standard InChI is InChI=1S/C15H7ClF3N3/c16-13-6-7-14-20-9-12(22(14)21-13)5-4-10-2-1-3-11(8-10)15(17,18)19/h1-3,6-9H. The van der Waals surface area contributed by atoms with E-state index in [1.165, 1.54) is 22.8 Å². The van der Waals surface area contributed by atoms with Gasteiger partial charge in [-0.15, -0.1) is 0 Å². The Kier molecular flexibility index (Phi) is 3.51. The Morgan fingerprint density at radius 3 is 2.68 bits per heavy atom. The Bertz CT molecular complexity index is 904. The molecule has 0 fully saturated rings. The van der Waals surface area contributed by atoms with Crippen molar-refractivity contribution in [3.05, 3.63) is 64.6 Å². The average molecular weight is 322 g/mol. The molecule has 0 spiro atoms. The summed E-state index contributed by atoms with van der Waals surface area (Å²) < 4.78 is 39.4. The largest absolute Gasteiger partial charge is 0.416 e. The summed E-state index contributed by atoms with van der Waals surface area (Å²) in [5.74, 6) is 5.43. The molecule has 0 aliphatic rings. The topological polar surface area (TPSA) is 30.2 Å². The molecule has 0 unspecified atom stereocenters. The first-order chi connectivity index (χ1) is 10.4. The molecule has 3 nitrogen and oxygen atoms in total. The van der Waals surface area contributed by atoms with Gasteiger partial charge in [-0.05, 0) is 36.3 Å². The zero-order chi connectivity index (χ0) is 15.7. The third-order valence-electron chi connectivity index (χ3n) is 2.85. The fourth-order valence-corrected chi connectivity index (χ4v) is 1.98. The van der Waals surface area contributed by atoms with Crippen LogP contribution in [0.1, 0.15) is 16.8 Å². The Labute approximate surface area is 128 Å². The van der Waals surface area contributed by atoms with Gasteiger partial charge in [0.15, 0.2) is 5.65 Å². The van der Waals surface area contributed by atoms with Crippen LogP contribution in [0.5, 0.6) is 0 Å². The number of halogens is 4. The van der Waals surface area contributed by atoms with Crippen LogP contribution in [0.15, 0.2) is 42.6 Å². The van der Waals surface area contributed by atoms with Crippen molar-refractivity contribution in [3.8, 4) is 11.8 Å². The Morgan fingerprint density at radius 2 is 1.91 bits per heavy atom.